The number of benzene rings is 1. The zero-order valence-corrected chi connectivity index (χ0v) is 12.9. The molecule has 0 spiro atoms. The first-order valence-electron chi connectivity index (χ1n) is 6.71. The van der Waals surface area contributed by atoms with Crippen LogP contribution in [0, 0.1) is 0 Å². The Balaban J connectivity index is 2.89. The molecule has 0 bridgehead atoms. The van der Waals surface area contributed by atoms with Crippen molar-refractivity contribution in [3.05, 3.63) is 42.5 Å². The molecule has 0 aliphatic rings. The summed E-state index contributed by atoms with van der Waals surface area (Å²) in [5.41, 5.74) is 0.127. The predicted octanol–water partition coefficient (Wildman–Crippen LogP) is 2.81. The molecule has 1 rings (SSSR count). The van der Waals surface area contributed by atoms with Crippen LogP contribution in [0.5, 0.6) is 5.75 Å². The summed E-state index contributed by atoms with van der Waals surface area (Å²) in [7, 11) is 1.57. The molecule has 21 heavy (non-hydrogen) atoms. The van der Waals surface area contributed by atoms with Crippen molar-refractivity contribution >= 4 is 6.09 Å². The Labute approximate surface area is 125 Å². The summed E-state index contributed by atoms with van der Waals surface area (Å²) < 4.78 is 10.3. The first kappa shape index (κ1) is 17.0. The van der Waals surface area contributed by atoms with E-state index in [1.54, 1.807) is 52.1 Å². The lowest BCUT2D eigenvalue weighted by molar-refractivity contribution is 0.0454. The molecule has 0 unspecified atom stereocenters. The minimum atomic E-state index is -0.925. The van der Waals surface area contributed by atoms with Crippen LogP contribution < -0.4 is 10.1 Å². The molecular formula is C16H23NO4. The fourth-order valence-electron chi connectivity index (χ4n) is 1.75. The smallest absolute Gasteiger partial charge is 0.408 e. The number of ether oxygens (including phenoxy) is 2. The molecule has 5 nitrogen and oxygen atoms in total. The molecule has 2 atom stereocenters. The SMILES string of the molecule is C=C[C@@H](O)[C@H](NC(=O)OC(C)(C)C)c1ccc(OC)cc1. The minimum absolute atomic E-state index is 0.593. The van der Waals surface area contributed by atoms with E-state index in [9.17, 15) is 9.90 Å². The third kappa shape index (κ3) is 5.47. The molecule has 1 aromatic rings. The number of amides is 1. The molecule has 116 valence electrons. The number of nitrogens with one attached hydrogen (secondary N) is 1. The van der Waals surface area contributed by atoms with E-state index in [1.807, 2.05) is 0 Å². The van der Waals surface area contributed by atoms with E-state index >= 15 is 0 Å². The number of rotatable bonds is 5. The molecule has 0 aliphatic heterocycles. The summed E-state index contributed by atoms with van der Waals surface area (Å²) in [5.74, 6) is 0.697. The Hall–Kier alpha value is -2.01. The van der Waals surface area contributed by atoms with Crippen LogP contribution in [-0.4, -0.2) is 30.0 Å². The zero-order chi connectivity index (χ0) is 16.0. The van der Waals surface area contributed by atoms with Gasteiger partial charge in [-0.25, -0.2) is 4.79 Å². The summed E-state index contributed by atoms with van der Waals surface area (Å²) in [4.78, 5) is 11.9. The normalized spacial score (nSPS) is 14.0. The van der Waals surface area contributed by atoms with E-state index < -0.39 is 23.8 Å². The molecular weight excluding hydrogens is 270 g/mol. The van der Waals surface area contributed by atoms with Gasteiger partial charge in [0.05, 0.1) is 19.3 Å². The van der Waals surface area contributed by atoms with Gasteiger partial charge in [0, 0.05) is 0 Å². The maximum Gasteiger partial charge on any atom is 0.408 e. The van der Waals surface area contributed by atoms with Crippen molar-refractivity contribution in [1.82, 2.24) is 5.32 Å². The van der Waals surface area contributed by atoms with Crippen molar-refractivity contribution in [1.29, 1.82) is 0 Å². The van der Waals surface area contributed by atoms with Gasteiger partial charge in [-0.2, -0.15) is 0 Å². The number of aliphatic hydroxyl groups is 1. The Bertz CT molecular complexity index is 476. The van der Waals surface area contributed by atoms with E-state index in [1.165, 1.54) is 6.08 Å². The first-order valence-corrected chi connectivity index (χ1v) is 6.71. The van der Waals surface area contributed by atoms with E-state index in [-0.39, 0.29) is 0 Å². The van der Waals surface area contributed by atoms with Gasteiger partial charge in [-0.05, 0) is 38.5 Å². The van der Waals surface area contributed by atoms with Crippen LogP contribution in [-0.2, 0) is 4.74 Å². The fraction of sp³-hybridized carbons (Fsp3) is 0.438. The average Bonchev–Trinajstić information content (AvgIpc) is 2.42. The van der Waals surface area contributed by atoms with Crippen LogP contribution in [0.25, 0.3) is 0 Å². The van der Waals surface area contributed by atoms with Gasteiger partial charge in [0.25, 0.3) is 0 Å². The van der Waals surface area contributed by atoms with Crippen LogP contribution in [0.1, 0.15) is 32.4 Å². The first-order chi connectivity index (χ1) is 9.76. The van der Waals surface area contributed by atoms with Crippen LogP contribution in [0.4, 0.5) is 4.79 Å². The van der Waals surface area contributed by atoms with Crippen LogP contribution >= 0.6 is 0 Å². The molecule has 0 radical (unpaired) electrons. The van der Waals surface area contributed by atoms with Gasteiger partial charge in [-0.15, -0.1) is 6.58 Å². The average molecular weight is 293 g/mol. The molecule has 0 saturated carbocycles. The highest BCUT2D eigenvalue weighted by atomic mass is 16.6. The van der Waals surface area contributed by atoms with Crippen molar-refractivity contribution in [2.75, 3.05) is 7.11 Å². The number of alkyl carbamates (subject to hydrolysis) is 1. The summed E-state index contributed by atoms with van der Waals surface area (Å²) in [6, 6.07) is 6.42. The van der Waals surface area contributed by atoms with E-state index in [2.05, 4.69) is 11.9 Å². The summed E-state index contributed by atoms with van der Waals surface area (Å²) in [5, 5.41) is 12.7. The zero-order valence-electron chi connectivity index (χ0n) is 12.9. The Kier molecular flexibility index (Phi) is 5.79. The fourth-order valence-corrected chi connectivity index (χ4v) is 1.75. The van der Waals surface area contributed by atoms with Gasteiger partial charge >= 0.3 is 6.09 Å². The van der Waals surface area contributed by atoms with Gasteiger partial charge in [0.15, 0.2) is 0 Å². The van der Waals surface area contributed by atoms with Crippen molar-refractivity contribution in [3.8, 4) is 5.75 Å². The van der Waals surface area contributed by atoms with Gasteiger partial charge < -0.3 is 19.9 Å². The highest BCUT2D eigenvalue weighted by Crippen LogP contribution is 2.21. The number of hydrogen-bond acceptors (Lipinski definition) is 4. The molecule has 0 saturated heterocycles. The monoisotopic (exact) mass is 293 g/mol. The molecule has 0 fully saturated rings. The standard InChI is InChI=1S/C16H23NO4/c1-6-13(18)14(17-15(19)21-16(2,3)4)11-7-9-12(20-5)10-8-11/h6-10,13-14,18H,1H2,2-5H3,(H,17,19)/t13-,14-/m1/s1. The van der Waals surface area contributed by atoms with Crippen LogP contribution in [0.15, 0.2) is 36.9 Å². The second-order valence-electron chi connectivity index (χ2n) is 5.62. The topological polar surface area (TPSA) is 67.8 Å². The maximum absolute atomic E-state index is 11.9. The largest absolute Gasteiger partial charge is 0.497 e. The second kappa shape index (κ2) is 7.13. The minimum Gasteiger partial charge on any atom is -0.497 e. The highest BCUT2D eigenvalue weighted by molar-refractivity contribution is 5.68. The number of methoxy groups -OCH3 is 1. The van der Waals surface area contributed by atoms with Gasteiger partial charge in [0.2, 0.25) is 0 Å². The van der Waals surface area contributed by atoms with E-state index in [4.69, 9.17) is 9.47 Å². The van der Waals surface area contributed by atoms with Crippen molar-refractivity contribution in [3.63, 3.8) is 0 Å². The Morgan fingerprint density at radius 1 is 1.33 bits per heavy atom. The van der Waals surface area contributed by atoms with Gasteiger partial charge in [-0.3, -0.25) is 0 Å². The Morgan fingerprint density at radius 3 is 2.33 bits per heavy atom. The van der Waals surface area contributed by atoms with Crippen molar-refractivity contribution in [2.45, 2.75) is 38.5 Å². The van der Waals surface area contributed by atoms with Crippen molar-refractivity contribution < 1.29 is 19.4 Å². The lowest BCUT2D eigenvalue weighted by atomic mass is 10.0. The molecule has 0 aliphatic carbocycles. The molecule has 1 amide bonds. The number of carbonyl (C=O) groups is 1. The summed E-state index contributed by atoms with van der Waals surface area (Å²) >= 11 is 0. The molecule has 5 heteroatoms. The Morgan fingerprint density at radius 2 is 1.90 bits per heavy atom. The molecule has 0 aromatic heterocycles. The quantitative estimate of drug-likeness (QED) is 0.819. The van der Waals surface area contributed by atoms with Crippen LogP contribution in [0.3, 0.4) is 0 Å². The third-order valence-electron chi connectivity index (χ3n) is 2.73. The van der Waals surface area contributed by atoms with E-state index in [0.29, 0.717) is 5.75 Å². The molecule has 1 aromatic carbocycles. The highest BCUT2D eigenvalue weighted by Gasteiger charge is 2.24. The lowest BCUT2D eigenvalue weighted by Crippen LogP contribution is -2.39. The number of aliphatic hydroxyl groups excluding tert-OH is 1. The van der Waals surface area contributed by atoms with E-state index in [0.717, 1.165) is 5.56 Å². The maximum atomic E-state index is 11.9. The third-order valence-corrected chi connectivity index (χ3v) is 2.73. The number of hydrogen-bond donors (Lipinski definition) is 2. The summed E-state index contributed by atoms with van der Waals surface area (Å²) in [6.45, 7) is 8.89. The predicted molar refractivity (Wildman–Crippen MR) is 81.3 cm³/mol. The molecule has 0 heterocycles. The van der Waals surface area contributed by atoms with Crippen molar-refractivity contribution in [2.24, 2.45) is 0 Å². The summed E-state index contributed by atoms with van der Waals surface area (Å²) in [6.07, 6.45) is -0.151. The van der Waals surface area contributed by atoms with Gasteiger partial charge in [0.1, 0.15) is 11.4 Å². The molecule has 2 N–H and O–H groups in total. The number of carbonyl (C=O) groups excluding carboxylic acids is 1. The second-order valence-corrected chi connectivity index (χ2v) is 5.62. The van der Waals surface area contributed by atoms with Gasteiger partial charge in [-0.1, -0.05) is 18.2 Å². The van der Waals surface area contributed by atoms with Crippen LogP contribution in [0.2, 0.25) is 0 Å². The lowest BCUT2D eigenvalue weighted by Gasteiger charge is -2.25.